The van der Waals surface area contributed by atoms with E-state index in [1.165, 1.54) is 32.9 Å². The third-order valence-electron chi connectivity index (χ3n) is 4.53. The molecule has 0 saturated heterocycles. The number of hydrogen-bond donors (Lipinski definition) is 2. The first-order valence-electron chi connectivity index (χ1n) is 9.41. The number of ether oxygens (including phenoxy) is 1. The molecule has 0 bridgehead atoms. The van der Waals surface area contributed by atoms with Gasteiger partial charge in [0.15, 0.2) is 11.9 Å². The maximum atomic E-state index is 12.4. The lowest BCUT2D eigenvalue weighted by Gasteiger charge is -2.15. The summed E-state index contributed by atoms with van der Waals surface area (Å²) in [6.07, 6.45) is -1.14. The number of hydrogen-bond acceptors (Lipinski definition) is 7. The van der Waals surface area contributed by atoms with Crippen LogP contribution in [0.15, 0.2) is 58.4 Å². The number of benzene rings is 2. The van der Waals surface area contributed by atoms with Crippen molar-refractivity contribution in [1.29, 1.82) is 0 Å². The third kappa shape index (κ3) is 4.97. The molecule has 1 aliphatic rings. The van der Waals surface area contributed by atoms with E-state index in [1.807, 2.05) is 0 Å². The summed E-state index contributed by atoms with van der Waals surface area (Å²) in [4.78, 5) is 40.4. The summed E-state index contributed by atoms with van der Waals surface area (Å²) >= 11 is 0. The highest BCUT2D eigenvalue weighted by Gasteiger charge is 2.31. The zero-order chi connectivity index (χ0) is 22.8. The van der Waals surface area contributed by atoms with Crippen LogP contribution in [0.4, 0.5) is 5.69 Å². The summed E-state index contributed by atoms with van der Waals surface area (Å²) in [7, 11) is -3.73. The highest BCUT2D eigenvalue weighted by atomic mass is 32.2. The summed E-state index contributed by atoms with van der Waals surface area (Å²) in [5, 5.41) is 2.58. The van der Waals surface area contributed by atoms with Crippen LogP contribution in [0.1, 0.15) is 36.7 Å². The van der Waals surface area contributed by atoms with Crippen molar-refractivity contribution in [1.82, 2.24) is 4.72 Å². The largest absolute Gasteiger partial charge is 0.451 e. The molecule has 2 N–H and O–H groups in total. The molecule has 10 heteroatoms. The molecule has 1 heterocycles. The molecule has 1 amide bonds. The van der Waals surface area contributed by atoms with E-state index in [9.17, 15) is 22.8 Å². The Balaban J connectivity index is 1.66. The molecular formula is C21H21N3O6S. The number of ketones is 1. The summed E-state index contributed by atoms with van der Waals surface area (Å²) < 4.78 is 31.8. The SMILES string of the molecule is CC(=O)c1cccc(NC(=O)C(C)OC(=O)[C@H](C)N=C2NS(=O)(=O)c3ccccc32)c1. The first-order valence-corrected chi connectivity index (χ1v) is 10.9. The zero-order valence-electron chi connectivity index (χ0n) is 17.1. The number of carbonyl (C=O) groups excluding carboxylic acids is 3. The Hall–Kier alpha value is -3.53. The van der Waals surface area contributed by atoms with Crippen LogP contribution in [-0.2, 0) is 24.3 Å². The zero-order valence-corrected chi connectivity index (χ0v) is 17.9. The molecule has 2 aromatic carbocycles. The van der Waals surface area contributed by atoms with E-state index >= 15 is 0 Å². The minimum Gasteiger partial charge on any atom is -0.451 e. The molecule has 2 aromatic rings. The fourth-order valence-corrected chi connectivity index (χ4v) is 4.10. The van der Waals surface area contributed by atoms with Gasteiger partial charge in [-0.3, -0.25) is 19.3 Å². The number of amides is 1. The van der Waals surface area contributed by atoms with Crippen molar-refractivity contribution in [3.8, 4) is 0 Å². The Morgan fingerprint density at radius 2 is 1.77 bits per heavy atom. The second kappa shape index (κ2) is 8.68. The van der Waals surface area contributed by atoms with Gasteiger partial charge >= 0.3 is 5.97 Å². The van der Waals surface area contributed by atoms with Gasteiger partial charge in [0.1, 0.15) is 11.9 Å². The number of sulfonamides is 1. The number of rotatable bonds is 6. The number of nitrogens with one attached hydrogen (secondary N) is 2. The fraction of sp³-hybridized carbons (Fsp3) is 0.238. The number of fused-ring (bicyclic) bond motifs is 1. The van der Waals surface area contributed by atoms with E-state index < -0.39 is 34.0 Å². The Kier molecular flexibility index (Phi) is 6.21. The predicted molar refractivity (Wildman–Crippen MR) is 113 cm³/mol. The number of esters is 1. The van der Waals surface area contributed by atoms with Gasteiger partial charge in [-0.1, -0.05) is 24.3 Å². The molecule has 0 spiro atoms. The van der Waals surface area contributed by atoms with E-state index in [0.717, 1.165) is 0 Å². The van der Waals surface area contributed by atoms with Crippen LogP contribution in [0.2, 0.25) is 0 Å². The van der Waals surface area contributed by atoms with Crippen molar-refractivity contribution >= 4 is 39.2 Å². The monoisotopic (exact) mass is 443 g/mol. The van der Waals surface area contributed by atoms with Gasteiger partial charge in [-0.15, -0.1) is 0 Å². The first kappa shape index (κ1) is 22.2. The van der Waals surface area contributed by atoms with Gasteiger partial charge in [0.25, 0.3) is 15.9 Å². The normalized spacial score (nSPS) is 17.2. The molecule has 9 nitrogen and oxygen atoms in total. The molecule has 2 atom stereocenters. The molecule has 0 radical (unpaired) electrons. The molecule has 1 unspecified atom stereocenters. The number of Topliss-reactive ketones (excluding diaryl/α,β-unsaturated/α-hetero) is 1. The minimum absolute atomic E-state index is 0.0400. The standard InChI is InChI=1S/C21H21N3O6S/c1-12(22-19-17-9-4-5-10-18(17)31(28,29)24-19)21(27)30-14(3)20(26)23-16-8-6-7-15(11-16)13(2)25/h4-12,14H,1-3H3,(H,22,24)(H,23,26)/t12-,14?/m0/s1. The highest BCUT2D eigenvalue weighted by Crippen LogP contribution is 2.22. The maximum absolute atomic E-state index is 12.4. The summed E-state index contributed by atoms with van der Waals surface area (Å²) in [5.74, 6) is -1.48. The molecule has 162 valence electrons. The van der Waals surface area contributed by atoms with E-state index in [1.54, 1.807) is 36.4 Å². The number of anilines is 1. The smallest absolute Gasteiger partial charge is 0.331 e. The van der Waals surface area contributed by atoms with Gasteiger partial charge < -0.3 is 10.1 Å². The molecule has 0 saturated carbocycles. The molecule has 0 fully saturated rings. The molecule has 0 aromatic heterocycles. The quantitative estimate of drug-likeness (QED) is 0.518. The van der Waals surface area contributed by atoms with Gasteiger partial charge in [-0.25, -0.2) is 13.2 Å². The van der Waals surface area contributed by atoms with Gasteiger partial charge in [0, 0.05) is 16.8 Å². The fourth-order valence-electron chi connectivity index (χ4n) is 2.86. The van der Waals surface area contributed by atoms with E-state index in [0.29, 0.717) is 16.8 Å². The highest BCUT2D eigenvalue weighted by molar-refractivity contribution is 7.90. The Morgan fingerprint density at radius 1 is 1.06 bits per heavy atom. The lowest BCUT2D eigenvalue weighted by atomic mass is 10.1. The topological polar surface area (TPSA) is 131 Å². The number of aliphatic imine (C=N–C) groups is 1. The molecule has 31 heavy (non-hydrogen) atoms. The summed E-state index contributed by atoms with van der Waals surface area (Å²) in [6.45, 7) is 4.25. The van der Waals surface area contributed by atoms with Crippen molar-refractivity contribution in [3.05, 3.63) is 59.7 Å². The summed E-state index contributed by atoms with van der Waals surface area (Å²) in [5.41, 5.74) is 1.19. The first-order chi connectivity index (χ1) is 14.6. The summed E-state index contributed by atoms with van der Waals surface area (Å²) in [6, 6.07) is 11.6. The van der Waals surface area contributed by atoms with Crippen LogP contribution in [0, 0.1) is 0 Å². The van der Waals surface area contributed by atoms with E-state index in [2.05, 4.69) is 15.0 Å². The van der Waals surface area contributed by atoms with Crippen molar-refractivity contribution < 1.29 is 27.5 Å². The predicted octanol–water partition coefficient (Wildman–Crippen LogP) is 1.89. The van der Waals surface area contributed by atoms with Gasteiger partial charge in [0.05, 0.1) is 4.90 Å². The van der Waals surface area contributed by atoms with Gasteiger partial charge in [0.2, 0.25) is 0 Å². The van der Waals surface area contributed by atoms with Crippen LogP contribution in [0.3, 0.4) is 0 Å². The van der Waals surface area contributed by atoms with Crippen LogP contribution < -0.4 is 10.0 Å². The minimum atomic E-state index is -3.73. The van der Waals surface area contributed by atoms with Crippen molar-refractivity contribution in [2.75, 3.05) is 5.32 Å². The van der Waals surface area contributed by atoms with Crippen LogP contribution >= 0.6 is 0 Å². The Morgan fingerprint density at radius 3 is 2.48 bits per heavy atom. The average Bonchev–Trinajstić information content (AvgIpc) is 2.98. The average molecular weight is 443 g/mol. The molecule has 0 aliphatic carbocycles. The van der Waals surface area contributed by atoms with Crippen LogP contribution in [0.5, 0.6) is 0 Å². The van der Waals surface area contributed by atoms with Crippen LogP contribution in [-0.4, -0.2) is 44.1 Å². The number of amidine groups is 1. The molecule has 1 aliphatic heterocycles. The Labute approximate surface area is 179 Å². The van der Waals surface area contributed by atoms with Crippen molar-refractivity contribution in [2.45, 2.75) is 37.8 Å². The number of nitrogens with zero attached hydrogens (tertiary/aromatic N) is 1. The molecular weight excluding hydrogens is 422 g/mol. The van der Waals surface area contributed by atoms with E-state index in [4.69, 9.17) is 4.74 Å². The second-order valence-corrected chi connectivity index (χ2v) is 8.61. The van der Waals surface area contributed by atoms with Crippen molar-refractivity contribution in [2.24, 2.45) is 4.99 Å². The third-order valence-corrected chi connectivity index (χ3v) is 5.92. The van der Waals surface area contributed by atoms with Crippen LogP contribution in [0.25, 0.3) is 0 Å². The second-order valence-electron chi connectivity index (χ2n) is 6.96. The lowest BCUT2D eigenvalue weighted by molar-refractivity contribution is -0.153. The Bertz CT molecular complexity index is 1190. The van der Waals surface area contributed by atoms with Crippen molar-refractivity contribution in [3.63, 3.8) is 0 Å². The number of carbonyl (C=O) groups is 3. The van der Waals surface area contributed by atoms with Gasteiger partial charge in [-0.2, -0.15) is 0 Å². The van der Waals surface area contributed by atoms with E-state index in [-0.39, 0.29) is 16.5 Å². The maximum Gasteiger partial charge on any atom is 0.331 e. The lowest BCUT2D eigenvalue weighted by Crippen LogP contribution is -2.34. The van der Waals surface area contributed by atoms with Gasteiger partial charge in [-0.05, 0) is 45.0 Å². The molecule has 3 rings (SSSR count).